The molecule has 1 aromatic heterocycles. The Morgan fingerprint density at radius 3 is 1.66 bits per heavy atom. The summed E-state index contributed by atoms with van der Waals surface area (Å²) in [6, 6.07) is 7.97. The SMILES string of the molecule is COCN(COC(C)(C)C)c1cccc(N(COC)c2nc(N(COC)COC)nc(N(COC)CC(C)C)n2)c1. The quantitative estimate of drug-likeness (QED) is 0.225. The molecule has 232 valence electrons. The van der Waals surface area contributed by atoms with Gasteiger partial charge in [0.1, 0.15) is 40.4 Å². The van der Waals surface area contributed by atoms with Crippen LogP contribution in [0.2, 0.25) is 0 Å². The Labute approximate surface area is 245 Å². The Morgan fingerprint density at radius 2 is 1.12 bits per heavy atom. The molecule has 0 aliphatic carbocycles. The van der Waals surface area contributed by atoms with Crippen LogP contribution >= 0.6 is 0 Å². The second kappa shape index (κ2) is 17.2. The molecule has 2 rings (SSSR count). The van der Waals surface area contributed by atoms with Gasteiger partial charge in [-0.1, -0.05) is 19.9 Å². The number of rotatable bonds is 19. The van der Waals surface area contributed by atoms with Crippen molar-refractivity contribution >= 4 is 29.2 Å². The summed E-state index contributed by atoms with van der Waals surface area (Å²) in [5.74, 6) is 1.61. The van der Waals surface area contributed by atoms with Crippen LogP contribution in [0.25, 0.3) is 0 Å². The van der Waals surface area contributed by atoms with Crippen molar-refractivity contribution in [3.8, 4) is 0 Å². The molecule has 0 amide bonds. The molecule has 0 aliphatic heterocycles. The van der Waals surface area contributed by atoms with Crippen LogP contribution in [0.5, 0.6) is 0 Å². The van der Waals surface area contributed by atoms with Crippen molar-refractivity contribution in [3.63, 3.8) is 0 Å². The molecule has 0 bridgehead atoms. The first-order valence-electron chi connectivity index (χ1n) is 13.5. The van der Waals surface area contributed by atoms with E-state index in [-0.39, 0.29) is 25.8 Å². The highest BCUT2D eigenvalue weighted by atomic mass is 16.5. The van der Waals surface area contributed by atoms with Gasteiger partial charge in [0.2, 0.25) is 17.8 Å². The van der Waals surface area contributed by atoms with Crippen LogP contribution in [0.15, 0.2) is 24.3 Å². The van der Waals surface area contributed by atoms with Crippen molar-refractivity contribution < 1.29 is 28.4 Å². The smallest absolute Gasteiger partial charge is 0.238 e. The molecule has 0 N–H and O–H groups in total. The molecule has 13 heteroatoms. The van der Waals surface area contributed by atoms with E-state index in [9.17, 15) is 0 Å². The molecule has 0 unspecified atom stereocenters. The lowest BCUT2D eigenvalue weighted by atomic mass is 10.2. The van der Waals surface area contributed by atoms with Gasteiger partial charge in [-0.25, -0.2) is 0 Å². The summed E-state index contributed by atoms with van der Waals surface area (Å²) in [6.07, 6.45) is 0. The highest BCUT2D eigenvalue weighted by molar-refractivity contribution is 5.65. The van der Waals surface area contributed by atoms with Crippen LogP contribution in [0.3, 0.4) is 0 Å². The van der Waals surface area contributed by atoms with Gasteiger partial charge in [0.15, 0.2) is 0 Å². The molecule has 0 spiro atoms. The van der Waals surface area contributed by atoms with Gasteiger partial charge in [0.25, 0.3) is 0 Å². The Bertz CT molecular complexity index is 1020. The number of nitrogens with zero attached hydrogens (tertiary/aromatic N) is 7. The average molecular weight is 580 g/mol. The fraction of sp³-hybridized carbons (Fsp3) is 0.679. The van der Waals surface area contributed by atoms with Crippen LogP contribution in [-0.2, 0) is 28.4 Å². The predicted molar refractivity (Wildman–Crippen MR) is 161 cm³/mol. The average Bonchev–Trinajstić information content (AvgIpc) is 2.92. The minimum Gasteiger partial charge on any atom is -0.364 e. The zero-order valence-electron chi connectivity index (χ0n) is 26.4. The molecular formula is C28H49N7O6. The topological polar surface area (TPSA) is 107 Å². The van der Waals surface area contributed by atoms with Crippen molar-refractivity contribution in [3.05, 3.63) is 24.3 Å². The van der Waals surface area contributed by atoms with E-state index in [2.05, 4.69) is 13.8 Å². The largest absolute Gasteiger partial charge is 0.364 e. The minimum absolute atomic E-state index is 0.193. The Morgan fingerprint density at radius 1 is 0.634 bits per heavy atom. The lowest BCUT2D eigenvalue weighted by Crippen LogP contribution is -2.35. The first-order valence-corrected chi connectivity index (χ1v) is 13.5. The number of anilines is 5. The second-order valence-corrected chi connectivity index (χ2v) is 10.9. The van der Waals surface area contributed by atoms with Gasteiger partial charge in [-0.2, -0.15) is 15.0 Å². The maximum Gasteiger partial charge on any atom is 0.238 e. The van der Waals surface area contributed by atoms with Crippen LogP contribution in [-0.4, -0.2) is 103 Å². The highest BCUT2D eigenvalue weighted by Crippen LogP contribution is 2.29. The van der Waals surface area contributed by atoms with Gasteiger partial charge in [0.05, 0.1) is 5.60 Å². The Balaban J connectivity index is 2.64. The zero-order valence-corrected chi connectivity index (χ0v) is 26.4. The predicted octanol–water partition coefficient (Wildman–Crippen LogP) is 3.88. The van der Waals surface area contributed by atoms with E-state index in [1.54, 1.807) is 40.4 Å². The molecule has 0 saturated carbocycles. The molecule has 0 aliphatic rings. The maximum atomic E-state index is 6.04. The molecule has 0 fully saturated rings. The van der Waals surface area contributed by atoms with E-state index < -0.39 is 0 Å². The molecule has 41 heavy (non-hydrogen) atoms. The third kappa shape index (κ3) is 11.2. The zero-order chi connectivity index (χ0) is 30.4. The van der Waals surface area contributed by atoms with Crippen LogP contribution < -0.4 is 19.6 Å². The van der Waals surface area contributed by atoms with Crippen molar-refractivity contribution in [1.29, 1.82) is 0 Å². The number of benzene rings is 1. The van der Waals surface area contributed by atoms with E-state index in [1.807, 2.05) is 59.7 Å². The Kier molecular flexibility index (Phi) is 14.4. The molecule has 1 aromatic carbocycles. The van der Waals surface area contributed by atoms with E-state index in [1.165, 1.54) is 0 Å². The summed E-state index contributed by atoms with van der Waals surface area (Å²) in [5, 5.41) is 0. The van der Waals surface area contributed by atoms with Gasteiger partial charge < -0.3 is 38.2 Å². The third-order valence-corrected chi connectivity index (χ3v) is 5.55. The van der Waals surface area contributed by atoms with Gasteiger partial charge in [0, 0.05) is 53.5 Å². The number of hydrogen-bond acceptors (Lipinski definition) is 13. The lowest BCUT2D eigenvalue weighted by molar-refractivity contribution is -0.00972. The molecule has 0 atom stereocenters. The normalized spacial score (nSPS) is 11.7. The van der Waals surface area contributed by atoms with E-state index in [0.29, 0.717) is 50.5 Å². The first-order chi connectivity index (χ1) is 19.6. The molecule has 2 aromatic rings. The molecular weight excluding hydrogens is 530 g/mol. The summed E-state index contributed by atoms with van der Waals surface area (Å²) < 4.78 is 33.4. The van der Waals surface area contributed by atoms with Crippen molar-refractivity contribution in [2.75, 3.05) is 102 Å². The van der Waals surface area contributed by atoms with Gasteiger partial charge in [-0.15, -0.1) is 0 Å². The summed E-state index contributed by atoms with van der Waals surface area (Å²) in [6.45, 7) is 12.7. The molecule has 1 heterocycles. The number of methoxy groups -OCH3 is 5. The van der Waals surface area contributed by atoms with Crippen LogP contribution in [0.1, 0.15) is 34.6 Å². The van der Waals surface area contributed by atoms with Crippen molar-refractivity contribution in [2.45, 2.75) is 40.2 Å². The van der Waals surface area contributed by atoms with E-state index >= 15 is 0 Å². The summed E-state index contributed by atoms with van der Waals surface area (Å²) >= 11 is 0. The van der Waals surface area contributed by atoms with Crippen molar-refractivity contribution in [2.24, 2.45) is 5.92 Å². The fourth-order valence-corrected chi connectivity index (χ4v) is 3.85. The standard InChI is InChI=1S/C28H49N7O6/c1-22(2)15-32(16-36-6)25-29-26(34(18-38-8)19-39-9)31-27(30-25)35(21-40-10)24-13-11-12-23(14-24)33(17-37-7)20-41-28(3,4)5/h11-14,22H,15-21H2,1-10H3. The van der Waals surface area contributed by atoms with E-state index in [4.69, 9.17) is 43.4 Å². The second-order valence-electron chi connectivity index (χ2n) is 10.9. The van der Waals surface area contributed by atoms with Gasteiger partial charge >= 0.3 is 0 Å². The maximum absolute atomic E-state index is 6.04. The van der Waals surface area contributed by atoms with Crippen LogP contribution in [0, 0.1) is 5.92 Å². The number of hydrogen-bond donors (Lipinski definition) is 0. The molecule has 0 radical (unpaired) electrons. The summed E-state index contributed by atoms with van der Waals surface area (Å²) in [7, 11) is 8.16. The van der Waals surface area contributed by atoms with Gasteiger partial charge in [-0.05, 0) is 44.9 Å². The van der Waals surface area contributed by atoms with Gasteiger partial charge in [-0.3, -0.25) is 9.80 Å². The fourth-order valence-electron chi connectivity index (χ4n) is 3.85. The monoisotopic (exact) mass is 579 g/mol. The summed E-state index contributed by atoms with van der Waals surface area (Å²) in [4.78, 5) is 22.1. The minimum atomic E-state index is -0.302. The number of aromatic nitrogens is 3. The summed E-state index contributed by atoms with van der Waals surface area (Å²) in [5.41, 5.74) is 1.42. The number of ether oxygens (including phenoxy) is 6. The van der Waals surface area contributed by atoms with E-state index in [0.717, 1.165) is 11.4 Å². The third-order valence-electron chi connectivity index (χ3n) is 5.55. The van der Waals surface area contributed by atoms with Crippen LogP contribution in [0.4, 0.5) is 29.2 Å². The Hall–Kier alpha value is -2.81. The first kappa shape index (κ1) is 34.4. The lowest BCUT2D eigenvalue weighted by Gasteiger charge is -2.30. The van der Waals surface area contributed by atoms with Crippen molar-refractivity contribution in [1.82, 2.24) is 15.0 Å². The highest BCUT2D eigenvalue weighted by Gasteiger charge is 2.23. The molecule has 0 saturated heterocycles. The molecule has 13 nitrogen and oxygen atoms in total.